The van der Waals surface area contributed by atoms with Gasteiger partial charge in [-0.1, -0.05) is 73.1 Å². The summed E-state index contributed by atoms with van der Waals surface area (Å²) in [7, 11) is 0. The Morgan fingerprint density at radius 3 is 2.05 bits per heavy atom. The second-order valence-electron chi connectivity index (χ2n) is 8.32. The van der Waals surface area contributed by atoms with Crippen LogP contribution in [-0.2, 0) is 0 Å². The first-order valence-corrected chi connectivity index (χ1v) is 10.1. The molecule has 4 atom stereocenters. The number of hydrogen-bond acceptors (Lipinski definition) is 0. The van der Waals surface area contributed by atoms with Crippen LogP contribution in [0.25, 0.3) is 0 Å². The molecule has 2 aliphatic rings. The van der Waals surface area contributed by atoms with Crippen molar-refractivity contribution in [1.29, 1.82) is 0 Å². The van der Waals surface area contributed by atoms with Gasteiger partial charge in [-0.3, -0.25) is 0 Å². The fourth-order valence-corrected chi connectivity index (χ4v) is 6.70. The van der Waals surface area contributed by atoms with Gasteiger partial charge in [0.1, 0.15) is 0 Å². The van der Waals surface area contributed by atoms with Crippen molar-refractivity contribution in [2.24, 2.45) is 28.6 Å². The molecule has 0 heteroatoms. The average molecular weight is 293 g/mol. The molecule has 0 aromatic heterocycles. The minimum absolute atomic E-state index is 0.659. The Labute approximate surface area is 134 Å². The molecule has 0 radical (unpaired) electrons. The highest BCUT2D eigenvalue weighted by molar-refractivity contribution is 5.10. The Bertz CT molecular complexity index is 316. The zero-order valence-corrected chi connectivity index (χ0v) is 15.5. The van der Waals surface area contributed by atoms with E-state index in [-0.39, 0.29) is 0 Å². The minimum atomic E-state index is 0.659. The Kier molecular flexibility index (Phi) is 5.83. The van der Waals surface area contributed by atoms with E-state index in [4.69, 9.17) is 0 Å². The summed E-state index contributed by atoms with van der Waals surface area (Å²) >= 11 is 0. The van der Waals surface area contributed by atoms with Gasteiger partial charge in [-0.05, 0) is 60.7 Å². The number of hydrogen-bond donors (Lipinski definition) is 0. The van der Waals surface area contributed by atoms with Gasteiger partial charge in [0, 0.05) is 0 Å². The van der Waals surface area contributed by atoms with Crippen molar-refractivity contribution in [3.63, 3.8) is 0 Å². The van der Waals surface area contributed by atoms with Crippen molar-refractivity contribution in [3.05, 3.63) is 0 Å². The van der Waals surface area contributed by atoms with Crippen LogP contribution in [0.5, 0.6) is 0 Å². The Morgan fingerprint density at radius 1 is 0.952 bits per heavy atom. The fourth-order valence-electron chi connectivity index (χ4n) is 6.70. The summed E-state index contributed by atoms with van der Waals surface area (Å²) in [6, 6.07) is 0. The van der Waals surface area contributed by atoms with E-state index in [1.807, 2.05) is 0 Å². The van der Waals surface area contributed by atoms with Gasteiger partial charge in [-0.2, -0.15) is 0 Å². The van der Waals surface area contributed by atoms with Gasteiger partial charge in [-0.25, -0.2) is 0 Å². The molecule has 21 heavy (non-hydrogen) atoms. The lowest BCUT2D eigenvalue weighted by molar-refractivity contribution is -0.0726. The maximum atomic E-state index is 2.60. The third-order valence-corrected chi connectivity index (χ3v) is 7.86. The lowest BCUT2D eigenvalue weighted by Gasteiger charge is -2.56. The predicted octanol–water partition coefficient (Wildman–Crippen LogP) is 7.23. The maximum absolute atomic E-state index is 2.60. The zero-order valence-electron chi connectivity index (χ0n) is 15.5. The summed E-state index contributed by atoms with van der Waals surface area (Å²) in [5.74, 6) is 3.04. The van der Waals surface area contributed by atoms with Crippen LogP contribution in [0.2, 0.25) is 0 Å². The van der Waals surface area contributed by atoms with Crippen LogP contribution in [0.3, 0.4) is 0 Å². The molecule has 2 aliphatic carbocycles. The zero-order chi connectivity index (χ0) is 15.5. The molecule has 0 heterocycles. The van der Waals surface area contributed by atoms with Crippen molar-refractivity contribution in [3.8, 4) is 0 Å². The summed E-state index contributed by atoms with van der Waals surface area (Å²) in [4.78, 5) is 0. The first-order valence-electron chi connectivity index (χ1n) is 10.1. The first-order chi connectivity index (χ1) is 10.1. The van der Waals surface area contributed by atoms with Crippen molar-refractivity contribution in [1.82, 2.24) is 0 Å². The van der Waals surface area contributed by atoms with Gasteiger partial charge in [0.25, 0.3) is 0 Å². The summed E-state index contributed by atoms with van der Waals surface area (Å²) < 4.78 is 0. The predicted molar refractivity (Wildman–Crippen MR) is 94.5 cm³/mol. The van der Waals surface area contributed by atoms with E-state index in [9.17, 15) is 0 Å². The molecule has 0 aliphatic heterocycles. The van der Waals surface area contributed by atoms with E-state index >= 15 is 0 Å². The van der Waals surface area contributed by atoms with Gasteiger partial charge in [0.15, 0.2) is 0 Å². The molecule has 0 aromatic rings. The lowest BCUT2D eigenvalue weighted by Crippen LogP contribution is -2.49. The maximum Gasteiger partial charge on any atom is -0.0185 e. The van der Waals surface area contributed by atoms with Crippen LogP contribution in [0.4, 0.5) is 0 Å². The van der Waals surface area contributed by atoms with Gasteiger partial charge in [-0.15, -0.1) is 0 Å². The van der Waals surface area contributed by atoms with Crippen LogP contribution < -0.4 is 0 Å². The Morgan fingerprint density at radius 2 is 1.62 bits per heavy atom. The van der Waals surface area contributed by atoms with Crippen LogP contribution >= 0.6 is 0 Å². The summed E-state index contributed by atoms with van der Waals surface area (Å²) in [5.41, 5.74) is 1.32. The molecule has 2 rings (SSSR count). The van der Waals surface area contributed by atoms with Crippen molar-refractivity contribution in [2.45, 2.75) is 105 Å². The smallest absolute Gasteiger partial charge is 0.0185 e. The summed E-state index contributed by atoms with van der Waals surface area (Å²) in [6.07, 6.45) is 16.2. The quantitative estimate of drug-likeness (QED) is 0.443. The Balaban J connectivity index is 2.43. The van der Waals surface area contributed by atoms with E-state index < -0.39 is 0 Å². The Hall–Kier alpha value is 0. The molecule has 0 aromatic carbocycles. The van der Waals surface area contributed by atoms with Crippen molar-refractivity contribution < 1.29 is 0 Å². The largest absolute Gasteiger partial charge is 0.0654 e. The summed E-state index contributed by atoms with van der Waals surface area (Å²) in [5, 5.41) is 0. The van der Waals surface area contributed by atoms with Crippen molar-refractivity contribution in [2.75, 3.05) is 0 Å². The highest BCUT2D eigenvalue weighted by atomic mass is 14.7. The topological polar surface area (TPSA) is 0 Å². The monoisotopic (exact) mass is 292 g/mol. The molecule has 0 saturated heterocycles. The number of rotatable bonds is 8. The molecular formula is C21H40. The van der Waals surface area contributed by atoms with E-state index in [1.165, 1.54) is 51.4 Å². The lowest BCUT2D eigenvalue weighted by atomic mass is 9.49. The highest BCUT2D eigenvalue weighted by Gasteiger charge is 2.61. The average Bonchev–Trinajstić information content (AvgIpc) is 2.74. The summed E-state index contributed by atoms with van der Waals surface area (Å²) in [6.45, 7) is 12.4. The van der Waals surface area contributed by atoms with Gasteiger partial charge < -0.3 is 0 Å². The second kappa shape index (κ2) is 7.05. The normalized spacial score (nSPS) is 38.4. The van der Waals surface area contributed by atoms with Gasteiger partial charge in [0.05, 0.1) is 0 Å². The van der Waals surface area contributed by atoms with E-state index in [0.717, 1.165) is 17.8 Å². The second-order valence-corrected chi connectivity index (χ2v) is 8.32. The molecule has 124 valence electrons. The van der Waals surface area contributed by atoms with E-state index in [0.29, 0.717) is 10.8 Å². The third-order valence-electron chi connectivity index (χ3n) is 7.86. The van der Waals surface area contributed by atoms with Crippen LogP contribution in [0, 0.1) is 28.6 Å². The molecule has 2 saturated carbocycles. The molecule has 0 amide bonds. The SMILES string of the molecule is CCCC1(CC)CCC(C2CCC2)C1(CCC)C(C)CC. The molecule has 2 fully saturated rings. The highest BCUT2D eigenvalue weighted by Crippen LogP contribution is 2.69. The minimum Gasteiger partial charge on any atom is -0.0654 e. The molecular weight excluding hydrogens is 252 g/mol. The van der Waals surface area contributed by atoms with E-state index in [2.05, 4.69) is 34.6 Å². The molecule has 0 spiro atoms. The van der Waals surface area contributed by atoms with Crippen LogP contribution in [0.1, 0.15) is 105 Å². The van der Waals surface area contributed by atoms with Crippen molar-refractivity contribution >= 4 is 0 Å². The third kappa shape index (κ3) is 2.59. The fraction of sp³-hybridized carbons (Fsp3) is 1.00. The standard InChI is InChI=1S/C21H40/c1-6-14-20(9-4)16-13-19(18-11-10-12-18)21(20,15-7-2)17(5)8-3/h17-19H,6-16H2,1-5H3. The molecule has 0 bridgehead atoms. The van der Waals surface area contributed by atoms with Crippen LogP contribution in [-0.4, -0.2) is 0 Å². The van der Waals surface area contributed by atoms with Gasteiger partial charge in [0.2, 0.25) is 0 Å². The molecule has 0 N–H and O–H groups in total. The first kappa shape index (κ1) is 17.4. The van der Waals surface area contributed by atoms with E-state index in [1.54, 1.807) is 19.3 Å². The van der Waals surface area contributed by atoms with Crippen LogP contribution in [0.15, 0.2) is 0 Å². The molecule has 0 nitrogen and oxygen atoms in total. The van der Waals surface area contributed by atoms with Gasteiger partial charge >= 0.3 is 0 Å². The molecule has 4 unspecified atom stereocenters.